The molecule has 2 fully saturated rings. The lowest BCUT2D eigenvalue weighted by atomic mass is 9.68. The summed E-state index contributed by atoms with van der Waals surface area (Å²) < 4.78 is 13.4. The van der Waals surface area contributed by atoms with Gasteiger partial charge >= 0.3 is 0 Å². The summed E-state index contributed by atoms with van der Waals surface area (Å²) in [5, 5.41) is 4.43. The van der Waals surface area contributed by atoms with Crippen LogP contribution >= 0.6 is 0 Å². The van der Waals surface area contributed by atoms with Crippen LogP contribution in [0, 0.1) is 23.7 Å². The number of nitrogens with zero attached hydrogens (tertiary/aromatic N) is 1. The molecule has 1 aromatic carbocycles. The average molecular weight is 413 g/mol. The van der Waals surface area contributed by atoms with E-state index in [0.29, 0.717) is 25.7 Å². The predicted octanol–water partition coefficient (Wildman–Crippen LogP) is 4.94. The summed E-state index contributed by atoms with van der Waals surface area (Å²) in [4.78, 5) is 13.7. The molecular formula is C25H36N2O3. The first kappa shape index (κ1) is 21.2. The van der Waals surface area contributed by atoms with Gasteiger partial charge in [-0.3, -0.25) is 4.79 Å². The molecule has 3 atom stereocenters. The number of hydrogen-bond acceptors (Lipinski definition) is 3. The number of ether oxygens (including phenoxy) is 2. The molecule has 0 aliphatic heterocycles. The third-order valence-electron chi connectivity index (χ3n) is 7.96. The van der Waals surface area contributed by atoms with Crippen molar-refractivity contribution in [1.82, 2.24) is 9.88 Å². The molecule has 0 saturated heterocycles. The van der Waals surface area contributed by atoms with Gasteiger partial charge in [0.2, 0.25) is 0 Å². The molecule has 1 amide bonds. The number of benzene rings is 1. The highest BCUT2D eigenvalue weighted by molar-refractivity contribution is 6.09. The maximum Gasteiger partial charge on any atom is 0.253 e. The van der Waals surface area contributed by atoms with Crippen LogP contribution < -0.4 is 10.1 Å². The second-order valence-electron chi connectivity index (χ2n) is 9.99. The van der Waals surface area contributed by atoms with Crippen molar-refractivity contribution in [1.29, 1.82) is 0 Å². The molecule has 5 heteroatoms. The van der Waals surface area contributed by atoms with Crippen molar-refractivity contribution in [3.63, 3.8) is 0 Å². The van der Waals surface area contributed by atoms with Gasteiger partial charge in [-0.2, -0.15) is 0 Å². The molecule has 30 heavy (non-hydrogen) atoms. The van der Waals surface area contributed by atoms with Crippen LogP contribution in [0.25, 0.3) is 10.9 Å². The lowest BCUT2D eigenvalue weighted by Crippen LogP contribution is -2.52. The summed E-state index contributed by atoms with van der Waals surface area (Å²) in [6.07, 6.45) is 3.70. The second kappa shape index (κ2) is 7.60. The minimum atomic E-state index is 0.0350. The van der Waals surface area contributed by atoms with Crippen LogP contribution in [0.3, 0.4) is 0 Å². The normalized spacial score (nSPS) is 27.0. The average Bonchev–Trinajstić information content (AvgIpc) is 3.30. The van der Waals surface area contributed by atoms with E-state index in [0.717, 1.165) is 27.9 Å². The zero-order valence-corrected chi connectivity index (χ0v) is 19.3. The Kier molecular flexibility index (Phi) is 5.38. The Hall–Kier alpha value is -2.01. The lowest BCUT2D eigenvalue weighted by molar-refractivity contribution is 0.0738. The zero-order valence-electron chi connectivity index (χ0n) is 19.3. The Balaban J connectivity index is 1.73. The Morgan fingerprint density at radius 2 is 2.07 bits per heavy atom. The van der Waals surface area contributed by atoms with Crippen molar-refractivity contribution < 1.29 is 14.3 Å². The van der Waals surface area contributed by atoms with Gasteiger partial charge in [-0.05, 0) is 55.9 Å². The highest BCUT2D eigenvalue weighted by Crippen LogP contribution is 2.62. The van der Waals surface area contributed by atoms with E-state index in [-0.39, 0.29) is 22.8 Å². The smallest absolute Gasteiger partial charge is 0.253 e. The second-order valence-corrected chi connectivity index (χ2v) is 9.99. The summed E-state index contributed by atoms with van der Waals surface area (Å²) in [5.74, 6) is 1.52. The maximum absolute atomic E-state index is 13.7. The van der Waals surface area contributed by atoms with Gasteiger partial charge in [0.25, 0.3) is 5.91 Å². The molecular weight excluding hydrogens is 376 g/mol. The van der Waals surface area contributed by atoms with Crippen LogP contribution in [0.15, 0.2) is 18.2 Å². The fourth-order valence-electron chi connectivity index (χ4n) is 6.40. The molecule has 2 saturated carbocycles. The molecule has 2 bridgehead atoms. The number of carbonyl (C=O) groups excluding carboxylic acids is 1. The molecule has 0 radical (unpaired) electrons. The van der Waals surface area contributed by atoms with Crippen molar-refractivity contribution in [3.05, 3.63) is 29.5 Å². The number of fused-ring (bicyclic) bond motifs is 3. The fourth-order valence-corrected chi connectivity index (χ4v) is 6.40. The minimum absolute atomic E-state index is 0.0350. The number of hydrogen-bond donors (Lipinski definition) is 1. The molecule has 1 aromatic heterocycles. The van der Waals surface area contributed by atoms with Crippen LogP contribution in [0.4, 0.5) is 0 Å². The van der Waals surface area contributed by atoms with E-state index in [9.17, 15) is 4.79 Å². The third kappa shape index (κ3) is 3.13. The fraction of sp³-hybridized carbons (Fsp3) is 0.640. The molecule has 1 heterocycles. The van der Waals surface area contributed by atoms with Crippen LogP contribution in [0.2, 0.25) is 0 Å². The van der Waals surface area contributed by atoms with Crippen LogP contribution in [-0.2, 0) is 11.3 Å². The van der Waals surface area contributed by atoms with Crippen molar-refractivity contribution in [3.8, 4) is 5.75 Å². The molecule has 164 valence electrons. The first-order valence-electron chi connectivity index (χ1n) is 11.3. The number of amides is 1. The number of methoxy groups -OCH3 is 1. The van der Waals surface area contributed by atoms with Gasteiger partial charge in [0.15, 0.2) is 0 Å². The van der Waals surface area contributed by atoms with Gasteiger partial charge in [-0.1, -0.05) is 32.9 Å². The number of aromatic nitrogens is 1. The van der Waals surface area contributed by atoms with E-state index in [1.54, 1.807) is 7.11 Å². The lowest BCUT2D eigenvalue weighted by Gasteiger charge is -2.43. The Morgan fingerprint density at radius 1 is 1.30 bits per heavy atom. The summed E-state index contributed by atoms with van der Waals surface area (Å²) in [6, 6.07) is 6.15. The molecule has 5 nitrogen and oxygen atoms in total. The van der Waals surface area contributed by atoms with Gasteiger partial charge in [0.05, 0.1) is 24.8 Å². The summed E-state index contributed by atoms with van der Waals surface area (Å²) >= 11 is 0. The number of rotatable bonds is 7. The third-order valence-corrected chi connectivity index (χ3v) is 7.96. The zero-order chi connectivity index (χ0) is 21.7. The standard InChI is InChI=1S/C25H36N2O3/c1-7-30-14-13-27-16(2)20(18-9-8-10-19(29-6)21(18)27)22(28)26-23-24(3,4)17-11-12-25(23,5)15-17/h8-10,17,23H,7,11-15H2,1-6H3,(H,26,28). The number of nitrogens with one attached hydrogen (secondary N) is 1. The Bertz CT molecular complexity index is 956. The minimum Gasteiger partial charge on any atom is -0.495 e. The van der Waals surface area contributed by atoms with Crippen molar-refractivity contribution >= 4 is 16.8 Å². The van der Waals surface area contributed by atoms with Crippen molar-refractivity contribution in [2.75, 3.05) is 20.3 Å². The van der Waals surface area contributed by atoms with Gasteiger partial charge in [0, 0.05) is 30.3 Å². The van der Waals surface area contributed by atoms with Crippen molar-refractivity contribution in [2.45, 2.75) is 66.5 Å². The number of carbonyl (C=O) groups is 1. The molecule has 4 rings (SSSR count). The van der Waals surface area contributed by atoms with Crippen LogP contribution in [0.1, 0.15) is 63.0 Å². The molecule has 2 aliphatic carbocycles. The van der Waals surface area contributed by atoms with Gasteiger partial charge in [-0.15, -0.1) is 0 Å². The van der Waals surface area contributed by atoms with Crippen molar-refractivity contribution in [2.24, 2.45) is 16.7 Å². The summed E-state index contributed by atoms with van der Waals surface area (Å²) in [5.41, 5.74) is 3.03. The molecule has 3 unspecified atom stereocenters. The highest BCUT2D eigenvalue weighted by Gasteiger charge is 2.59. The van der Waals surface area contributed by atoms with E-state index < -0.39 is 0 Å². The summed E-state index contributed by atoms with van der Waals surface area (Å²) in [6.45, 7) is 13.0. The monoisotopic (exact) mass is 412 g/mol. The van der Waals surface area contributed by atoms with Gasteiger partial charge < -0.3 is 19.4 Å². The topological polar surface area (TPSA) is 52.5 Å². The first-order valence-corrected chi connectivity index (χ1v) is 11.3. The van der Waals surface area contributed by atoms with E-state index in [1.165, 1.54) is 19.3 Å². The molecule has 0 spiro atoms. The van der Waals surface area contributed by atoms with Gasteiger partial charge in [-0.25, -0.2) is 0 Å². The molecule has 2 aromatic rings. The quantitative estimate of drug-likeness (QED) is 0.656. The Labute approximate surface area is 180 Å². The SMILES string of the molecule is CCOCCn1c(C)c(C(=O)NC2C3(C)CCC(C3)C2(C)C)c2cccc(OC)c21. The first-order chi connectivity index (χ1) is 14.2. The van der Waals surface area contributed by atoms with Crippen LogP contribution in [0.5, 0.6) is 5.75 Å². The van der Waals surface area contributed by atoms with Crippen LogP contribution in [-0.4, -0.2) is 36.8 Å². The predicted molar refractivity (Wildman–Crippen MR) is 120 cm³/mol. The van der Waals surface area contributed by atoms with E-state index in [2.05, 4.69) is 30.7 Å². The highest BCUT2D eigenvalue weighted by atomic mass is 16.5. The summed E-state index contributed by atoms with van der Waals surface area (Å²) in [7, 11) is 1.68. The number of para-hydroxylation sites is 1. The van der Waals surface area contributed by atoms with Gasteiger partial charge in [0.1, 0.15) is 5.75 Å². The maximum atomic E-state index is 13.7. The largest absolute Gasteiger partial charge is 0.495 e. The molecule has 1 N–H and O–H groups in total. The van der Waals surface area contributed by atoms with E-state index in [1.807, 2.05) is 32.0 Å². The Morgan fingerprint density at radius 3 is 2.70 bits per heavy atom. The van der Waals surface area contributed by atoms with E-state index >= 15 is 0 Å². The van der Waals surface area contributed by atoms with E-state index in [4.69, 9.17) is 9.47 Å². The molecule has 2 aliphatic rings.